The second-order valence-corrected chi connectivity index (χ2v) is 5.04. The van der Waals surface area contributed by atoms with E-state index in [2.05, 4.69) is 11.4 Å². The van der Waals surface area contributed by atoms with Crippen molar-refractivity contribution in [3.8, 4) is 5.75 Å². The van der Waals surface area contributed by atoms with E-state index in [1.807, 2.05) is 11.4 Å². The van der Waals surface area contributed by atoms with Gasteiger partial charge in [-0.3, -0.25) is 4.79 Å². The first-order valence-corrected chi connectivity index (χ1v) is 6.83. The molecule has 0 saturated heterocycles. The molecule has 0 radical (unpaired) electrons. The van der Waals surface area contributed by atoms with E-state index in [4.69, 9.17) is 10.5 Å². The third-order valence-corrected chi connectivity index (χ3v) is 3.70. The Morgan fingerprint density at radius 3 is 2.89 bits per heavy atom. The molecule has 1 amide bonds. The summed E-state index contributed by atoms with van der Waals surface area (Å²) in [5.41, 5.74) is 6.70. The quantitative estimate of drug-likeness (QED) is 0.824. The van der Waals surface area contributed by atoms with Crippen LogP contribution in [-0.4, -0.2) is 19.6 Å². The Labute approximate surface area is 116 Å². The van der Waals surface area contributed by atoms with Crippen molar-refractivity contribution in [2.75, 3.05) is 19.4 Å². The lowest BCUT2D eigenvalue weighted by molar-refractivity contribution is 0.0955. The van der Waals surface area contributed by atoms with E-state index in [1.165, 1.54) is 12.0 Å². The number of para-hydroxylation sites is 1. The van der Waals surface area contributed by atoms with Gasteiger partial charge in [0.2, 0.25) is 0 Å². The average Bonchev–Trinajstić information content (AvgIpc) is 2.92. The van der Waals surface area contributed by atoms with Gasteiger partial charge in [0.15, 0.2) is 0 Å². The highest BCUT2D eigenvalue weighted by atomic mass is 32.1. The van der Waals surface area contributed by atoms with Gasteiger partial charge in [0.25, 0.3) is 5.91 Å². The first kappa shape index (κ1) is 13.4. The number of ether oxygens (including phenoxy) is 1. The number of amides is 1. The van der Waals surface area contributed by atoms with Crippen molar-refractivity contribution < 1.29 is 9.53 Å². The molecule has 19 heavy (non-hydrogen) atoms. The van der Waals surface area contributed by atoms with Crippen LogP contribution in [-0.2, 0) is 6.42 Å². The maximum Gasteiger partial charge on any atom is 0.253 e. The number of thiophene rings is 1. The highest BCUT2D eigenvalue weighted by molar-refractivity contribution is 7.09. The Morgan fingerprint density at radius 2 is 2.21 bits per heavy atom. The van der Waals surface area contributed by atoms with Crippen molar-refractivity contribution in [2.24, 2.45) is 0 Å². The van der Waals surface area contributed by atoms with Crippen molar-refractivity contribution in [3.05, 3.63) is 46.2 Å². The molecule has 1 aromatic carbocycles. The zero-order valence-corrected chi connectivity index (χ0v) is 11.5. The normalized spacial score (nSPS) is 10.2. The topological polar surface area (TPSA) is 64.3 Å². The van der Waals surface area contributed by atoms with Crippen LogP contribution in [0.3, 0.4) is 0 Å². The van der Waals surface area contributed by atoms with Crippen LogP contribution in [0.25, 0.3) is 0 Å². The summed E-state index contributed by atoms with van der Waals surface area (Å²) >= 11 is 1.68. The van der Waals surface area contributed by atoms with Gasteiger partial charge >= 0.3 is 0 Å². The van der Waals surface area contributed by atoms with Crippen molar-refractivity contribution >= 4 is 22.9 Å². The largest absolute Gasteiger partial charge is 0.495 e. The number of benzene rings is 1. The highest BCUT2D eigenvalue weighted by Crippen LogP contribution is 2.24. The van der Waals surface area contributed by atoms with Gasteiger partial charge in [-0.2, -0.15) is 0 Å². The monoisotopic (exact) mass is 276 g/mol. The summed E-state index contributed by atoms with van der Waals surface area (Å²) in [6.45, 7) is 0.593. The summed E-state index contributed by atoms with van der Waals surface area (Å²) in [6, 6.07) is 9.23. The number of nitrogens with one attached hydrogen (secondary N) is 1. The number of carbonyl (C=O) groups excluding carboxylic acids is 1. The lowest BCUT2D eigenvalue weighted by atomic mass is 10.1. The molecule has 2 aromatic rings. The highest BCUT2D eigenvalue weighted by Gasteiger charge is 2.12. The van der Waals surface area contributed by atoms with Crippen molar-refractivity contribution in [1.82, 2.24) is 5.32 Å². The van der Waals surface area contributed by atoms with Gasteiger partial charge in [-0.15, -0.1) is 11.3 Å². The number of hydrogen-bond acceptors (Lipinski definition) is 4. The zero-order chi connectivity index (χ0) is 13.7. The van der Waals surface area contributed by atoms with Gasteiger partial charge in [0.05, 0.1) is 18.4 Å². The molecule has 0 unspecified atom stereocenters. The lowest BCUT2D eigenvalue weighted by Crippen LogP contribution is -2.26. The van der Waals surface area contributed by atoms with Crippen LogP contribution in [0.4, 0.5) is 5.69 Å². The third kappa shape index (κ3) is 3.26. The average molecular weight is 276 g/mol. The van der Waals surface area contributed by atoms with Gasteiger partial charge in [0.1, 0.15) is 5.75 Å². The molecule has 0 saturated carbocycles. The van der Waals surface area contributed by atoms with Crippen LogP contribution < -0.4 is 15.8 Å². The number of nitrogen functional groups attached to an aromatic ring is 1. The fraction of sp³-hybridized carbons (Fsp3) is 0.214. The van der Waals surface area contributed by atoms with E-state index in [9.17, 15) is 4.79 Å². The van der Waals surface area contributed by atoms with Crippen LogP contribution in [0.5, 0.6) is 5.75 Å². The van der Waals surface area contributed by atoms with E-state index in [0.29, 0.717) is 23.5 Å². The van der Waals surface area contributed by atoms with Crippen LogP contribution in [0.1, 0.15) is 15.2 Å². The smallest absolute Gasteiger partial charge is 0.253 e. The van der Waals surface area contributed by atoms with Gasteiger partial charge in [-0.1, -0.05) is 12.1 Å². The number of nitrogens with two attached hydrogens (primary N) is 1. The molecule has 0 aliphatic rings. The third-order valence-electron chi connectivity index (χ3n) is 2.77. The molecule has 2 rings (SSSR count). The molecule has 0 aliphatic carbocycles. The minimum Gasteiger partial charge on any atom is -0.495 e. The Kier molecular flexibility index (Phi) is 4.41. The van der Waals surface area contributed by atoms with Crippen LogP contribution in [0, 0.1) is 0 Å². The van der Waals surface area contributed by atoms with Gasteiger partial charge in [-0.05, 0) is 30.0 Å². The Bertz CT molecular complexity index is 553. The van der Waals surface area contributed by atoms with Gasteiger partial charge in [-0.25, -0.2) is 0 Å². The van der Waals surface area contributed by atoms with Crippen LogP contribution in [0.15, 0.2) is 35.7 Å². The first-order valence-electron chi connectivity index (χ1n) is 5.95. The summed E-state index contributed by atoms with van der Waals surface area (Å²) in [5.74, 6) is 0.346. The summed E-state index contributed by atoms with van der Waals surface area (Å²) in [6.07, 6.45) is 0.827. The lowest BCUT2D eigenvalue weighted by Gasteiger charge is -2.10. The van der Waals surface area contributed by atoms with E-state index in [0.717, 1.165) is 6.42 Å². The number of methoxy groups -OCH3 is 1. The van der Waals surface area contributed by atoms with E-state index < -0.39 is 0 Å². The molecule has 0 fully saturated rings. The van der Waals surface area contributed by atoms with Crippen molar-refractivity contribution in [2.45, 2.75) is 6.42 Å². The maximum atomic E-state index is 12.0. The Balaban J connectivity index is 1.96. The molecule has 100 valence electrons. The van der Waals surface area contributed by atoms with Gasteiger partial charge < -0.3 is 15.8 Å². The number of rotatable bonds is 5. The molecule has 4 nitrogen and oxygen atoms in total. The molecule has 0 spiro atoms. The fourth-order valence-electron chi connectivity index (χ4n) is 1.77. The van der Waals surface area contributed by atoms with Crippen molar-refractivity contribution in [3.63, 3.8) is 0 Å². The van der Waals surface area contributed by atoms with E-state index in [-0.39, 0.29) is 5.91 Å². The molecule has 3 N–H and O–H groups in total. The van der Waals surface area contributed by atoms with E-state index >= 15 is 0 Å². The second-order valence-electron chi connectivity index (χ2n) is 4.01. The summed E-state index contributed by atoms with van der Waals surface area (Å²) in [5, 5.41) is 4.89. The molecular formula is C14H16N2O2S. The molecule has 1 aromatic heterocycles. The maximum absolute atomic E-state index is 12.0. The zero-order valence-electron chi connectivity index (χ0n) is 10.7. The predicted octanol–water partition coefficient (Wildman–Crippen LogP) is 2.31. The molecule has 1 heterocycles. The minimum atomic E-state index is -0.173. The molecule has 0 atom stereocenters. The molecular weight excluding hydrogens is 260 g/mol. The number of anilines is 1. The summed E-state index contributed by atoms with van der Waals surface area (Å²) < 4.78 is 5.10. The fourth-order valence-corrected chi connectivity index (χ4v) is 2.48. The SMILES string of the molecule is COc1cccc(C(=O)NCCc2cccs2)c1N. The standard InChI is InChI=1S/C14H16N2O2S/c1-18-12-6-2-5-11(13(12)15)14(17)16-8-7-10-4-3-9-19-10/h2-6,9H,7-8,15H2,1H3,(H,16,17). The second kappa shape index (κ2) is 6.24. The van der Waals surface area contributed by atoms with Gasteiger partial charge in [0, 0.05) is 11.4 Å². The van der Waals surface area contributed by atoms with Crippen molar-refractivity contribution in [1.29, 1.82) is 0 Å². The van der Waals surface area contributed by atoms with E-state index in [1.54, 1.807) is 29.5 Å². The Hall–Kier alpha value is -2.01. The summed E-state index contributed by atoms with van der Waals surface area (Å²) in [7, 11) is 1.53. The Morgan fingerprint density at radius 1 is 1.37 bits per heavy atom. The number of hydrogen-bond donors (Lipinski definition) is 2. The molecule has 0 aliphatic heterocycles. The van der Waals surface area contributed by atoms with Crippen LogP contribution in [0.2, 0.25) is 0 Å². The molecule has 5 heteroatoms. The molecule has 0 bridgehead atoms. The summed E-state index contributed by atoms with van der Waals surface area (Å²) in [4.78, 5) is 13.3. The predicted molar refractivity (Wildman–Crippen MR) is 77.8 cm³/mol. The first-order chi connectivity index (χ1) is 9.22. The van der Waals surface area contributed by atoms with Crippen LogP contribution >= 0.6 is 11.3 Å². The minimum absolute atomic E-state index is 0.173. The number of carbonyl (C=O) groups is 1.